The number of pyridine rings is 1. The van der Waals surface area contributed by atoms with Gasteiger partial charge in [0, 0.05) is 31.2 Å². The molecular formula is C18H23N5O. The van der Waals surface area contributed by atoms with Crippen LogP contribution >= 0.6 is 0 Å². The smallest absolute Gasteiger partial charge is 0.274 e. The summed E-state index contributed by atoms with van der Waals surface area (Å²) in [6, 6.07) is 4.44. The lowest BCUT2D eigenvalue weighted by molar-refractivity contribution is 0.0698. The van der Waals surface area contributed by atoms with E-state index >= 15 is 0 Å². The first-order valence-electron chi connectivity index (χ1n) is 8.21. The van der Waals surface area contributed by atoms with Crippen LogP contribution in [0.4, 0.5) is 0 Å². The molecule has 0 saturated carbocycles. The minimum absolute atomic E-state index is 0.0410. The molecule has 126 valence electrons. The fraction of sp³-hybridized carbons (Fsp3) is 0.444. The minimum Gasteiger partial charge on any atom is -0.332 e. The Hall–Kier alpha value is -2.34. The number of aromatic nitrogens is 3. The fourth-order valence-corrected chi connectivity index (χ4v) is 3.35. The molecule has 24 heavy (non-hydrogen) atoms. The number of amides is 1. The lowest BCUT2D eigenvalue weighted by Crippen LogP contribution is -2.46. The summed E-state index contributed by atoms with van der Waals surface area (Å²) >= 11 is 0. The predicted molar refractivity (Wildman–Crippen MR) is 91.6 cm³/mol. The zero-order valence-corrected chi connectivity index (χ0v) is 14.4. The lowest BCUT2D eigenvalue weighted by atomic mass is 10.0. The fourth-order valence-electron chi connectivity index (χ4n) is 3.35. The highest BCUT2D eigenvalue weighted by Crippen LogP contribution is 2.26. The van der Waals surface area contributed by atoms with Gasteiger partial charge in [-0.1, -0.05) is 6.07 Å². The Morgan fingerprint density at radius 3 is 2.75 bits per heavy atom. The Labute approximate surface area is 142 Å². The number of likely N-dealkylation sites (N-methyl/N-ethyl adjacent to an activating group) is 1. The third kappa shape index (κ3) is 3.43. The summed E-state index contributed by atoms with van der Waals surface area (Å²) in [5.41, 5.74) is 2.37. The van der Waals surface area contributed by atoms with Gasteiger partial charge < -0.3 is 9.80 Å². The van der Waals surface area contributed by atoms with Crippen molar-refractivity contribution < 1.29 is 4.79 Å². The Morgan fingerprint density at radius 2 is 2.12 bits per heavy atom. The van der Waals surface area contributed by atoms with Crippen LogP contribution in [-0.2, 0) is 6.42 Å². The molecular weight excluding hydrogens is 302 g/mol. The molecule has 3 rings (SSSR count). The van der Waals surface area contributed by atoms with Crippen LogP contribution in [0.25, 0.3) is 0 Å². The van der Waals surface area contributed by atoms with Gasteiger partial charge >= 0.3 is 0 Å². The summed E-state index contributed by atoms with van der Waals surface area (Å²) in [5.74, 6) is -0.0410. The van der Waals surface area contributed by atoms with Crippen LogP contribution in [0.5, 0.6) is 0 Å². The van der Waals surface area contributed by atoms with E-state index in [0.29, 0.717) is 11.7 Å². The predicted octanol–water partition coefficient (Wildman–Crippen LogP) is 1.57. The van der Waals surface area contributed by atoms with Crippen LogP contribution in [0.1, 0.15) is 28.2 Å². The lowest BCUT2D eigenvalue weighted by Gasteiger charge is -2.31. The maximum Gasteiger partial charge on any atom is 0.274 e. The second kappa shape index (κ2) is 7.05. The van der Waals surface area contributed by atoms with Crippen LogP contribution in [0.3, 0.4) is 0 Å². The summed E-state index contributed by atoms with van der Waals surface area (Å²) in [7, 11) is 4.14. The Kier molecular flexibility index (Phi) is 4.85. The molecule has 2 atom stereocenters. The summed E-state index contributed by atoms with van der Waals surface area (Å²) in [5, 5.41) is 0. The highest BCUT2D eigenvalue weighted by molar-refractivity contribution is 5.92. The number of nitrogens with zero attached hydrogens (tertiary/aromatic N) is 5. The van der Waals surface area contributed by atoms with E-state index in [1.165, 1.54) is 0 Å². The monoisotopic (exact) mass is 325 g/mol. The van der Waals surface area contributed by atoms with Gasteiger partial charge in [-0.2, -0.15) is 0 Å². The molecule has 0 radical (unpaired) electrons. The summed E-state index contributed by atoms with van der Waals surface area (Å²) in [6.45, 7) is 2.60. The minimum atomic E-state index is -0.0410. The van der Waals surface area contributed by atoms with Crippen LogP contribution in [-0.4, -0.2) is 63.4 Å². The molecule has 0 bridgehead atoms. The van der Waals surface area contributed by atoms with E-state index in [1.54, 1.807) is 18.6 Å². The van der Waals surface area contributed by atoms with E-state index in [0.717, 1.165) is 30.6 Å². The number of carbonyl (C=O) groups is 1. The number of likely N-dealkylation sites (tertiary alicyclic amines) is 1. The van der Waals surface area contributed by atoms with Crippen molar-refractivity contribution in [2.24, 2.45) is 0 Å². The topological polar surface area (TPSA) is 62.2 Å². The zero-order valence-electron chi connectivity index (χ0n) is 14.4. The number of hydrogen-bond donors (Lipinski definition) is 0. The van der Waals surface area contributed by atoms with Gasteiger partial charge in [0.05, 0.1) is 17.9 Å². The Morgan fingerprint density at radius 1 is 1.29 bits per heavy atom. The quantitative estimate of drug-likeness (QED) is 0.854. The van der Waals surface area contributed by atoms with E-state index in [9.17, 15) is 4.79 Å². The van der Waals surface area contributed by atoms with Crippen LogP contribution < -0.4 is 0 Å². The molecule has 1 amide bonds. The molecule has 1 fully saturated rings. The third-order valence-electron chi connectivity index (χ3n) is 4.60. The highest BCUT2D eigenvalue weighted by Gasteiger charge is 2.38. The van der Waals surface area contributed by atoms with Gasteiger partial charge in [-0.05, 0) is 45.5 Å². The molecule has 2 aromatic heterocycles. The number of rotatable bonds is 4. The molecule has 0 aromatic carbocycles. The maximum absolute atomic E-state index is 12.9. The van der Waals surface area contributed by atoms with Crippen LogP contribution in [0.15, 0.2) is 36.9 Å². The highest BCUT2D eigenvalue weighted by atomic mass is 16.2. The summed E-state index contributed by atoms with van der Waals surface area (Å²) < 4.78 is 0. The molecule has 2 aromatic rings. The Bertz CT molecular complexity index is 686. The Balaban J connectivity index is 1.84. The first-order valence-corrected chi connectivity index (χ1v) is 8.21. The van der Waals surface area contributed by atoms with Crippen molar-refractivity contribution in [2.45, 2.75) is 31.8 Å². The van der Waals surface area contributed by atoms with Gasteiger partial charge in [0.15, 0.2) is 0 Å². The molecule has 6 heteroatoms. The first-order chi connectivity index (χ1) is 11.6. The first kappa shape index (κ1) is 16.5. The van der Waals surface area contributed by atoms with Crippen LogP contribution in [0, 0.1) is 6.92 Å². The number of hydrogen-bond acceptors (Lipinski definition) is 5. The molecule has 0 aliphatic carbocycles. The maximum atomic E-state index is 12.9. The van der Waals surface area contributed by atoms with Crippen molar-refractivity contribution in [3.63, 3.8) is 0 Å². The van der Waals surface area contributed by atoms with E-state index < -0.39 is 0 Å². The van der Waals surface area contributed by atoms with Gasteiger partial charge in [0.25, 0.3) is 5.91 Å². The molecule has 1 saturated heterocycles. The van der Waals surface area contributed by atoms with Gasteiger partial charge in [0.2, 0.25) is 0 Å². The average molecular weight is 325 g/mol. The third-order valence-corrected chi connectivity index (χ3v) is 4.60. The molecule has 0 spiro atoms. The molecule has 1 aliphatic rings. The molecule has 6 nitrogen and oxygen atoms in total. The molecule has 3 heterocycles. The second-order valence-electron chi connectivity index (χ2n) is 6.49. The normalized spacial score (nSPS) is 20.6. The second-order valence-corrected chi connectivity index (χ2v) is 6.49. The van der Waals surface area contributed by atoms with E-state index in [2.05, 4.69) is 40.0 Å². The summed E-state index contributed by atoms with van der Waals surface area (Å²) in [4.78, 5) is 29.7. The number of aryl methyl sites for hydroxylation is 1. The van der Waals surface area contributed by atoms with E-state index in [-0.39, 0.29) is 11.9 Å². The van der Waals surface area contributed by atoms with Gasteiger partial charge in [0.1, 0.15) is 5.69 Å². The average Bonchev–Trinajstić information content (AvgIpc) is 2.99. The molecule has 1 aliphatic heterocycles. The molecule has 0 unspecified atom stereocenters. The van der Waals surface area contributed by atoms with Crippen LogP contribution in [0.2, 0.25) is 0 Å². The van der Waals surface area contributed by atoms with Crippen molar-refractivity contribution in [1.29, 1.82) is 0 Å². The van der Waals surface area contributed by atoms with Gasteiger partial charge in [-0.15, -0.1) is 0 Å². The van der Waals surface area contributed by atoms with E-state index in [4.69, 9.17) is 0 Å². The van der Waals surface area contributed by atoms with Crippen molar-refractivity contribution >= 4 is 5.91 Å². The zero-order chi connectivity index (χ0) is 17.1. The SMILES string of the molecule is Cc1cnc(C(=O)N2CC[C@@H](N(C)C)[C@@H]2Cc2cccnc2)cn1. The standard InChI is InChI=1S/C18H23N5O/c1-13-10-21-15(12-20-13)18(24)23-8-6-16(22(2)3)17(23)9-14-5-4-7-19-11-14/h4-5,7,10-12,16-17H,6,8-9H2,1-3H3/t16-,17+/m1/s1. The molecule has 0 N–H and O–H groups in total. The largest absolute Gasteiger partial charge is 0.332 e. The van der Waals surface area contributed by atoms with E-state index in [1.807, 2.05) is 24.1 Å². The number of carbonyl (C=O) groups excluding carboxylic acids is 1. The van der Waals surface area contributed by atoms with Crippen molar-refractivity contribution in [1.82, 2.24) is 24.8 Å². The van der Waals surface area contributed by atoms with Gasteiger partial charge in [-0.3, -0.25) is 14.8 Å². The van der Waals surface area contributed by atoms with Gasteiger partial charge in [-0.25, -0.2) is 4.98 Å². The summed E-state index contributed by atoms with van der Waals surface area (Å²) in [6.07, 6.45) is 8.61. The van der Waals surface area contributed by atoms with Crippen molar-refractivity contribution in [3.8, 4) is 0 Å². The van der Waals surface area contributed by atoms with Crippen molar-refractivity contribution in [2.75, 3.05) is 20.6 Å². The van der Waals surface area contributed by atoms with Crippen molar-refractivity contribution in [3.05, 3.63) is 53.9 Å².